The van der Waals surface area contributed by atoms with Crippen LogP contribution < -0.4 is 5.32 Å². The van der Waals surface area contributed by atoms with Gasteiger partial charge in [0.25, 0.3) is 0 Å². The van der Waals surface area contributed by atoms with E-state index in [9.17, 15) is 4.79 Å². The van der Waals surface area contributed by atoms with E-state index in [1.54, 1.807) is 11.7 Å². The number of carbonyl (C=O) groups is 1. The number of carboxylic acid groups (broad SMARTS) is 1. The monoisotopic (exact) mass is 248 g/mol. The largest absolute Gasteiger partial charge is 0.477 e. The van der Waals surface area contributed by atoms with Crippen molar-refractivity contribution in [3.05, 3.63) is 29.8 Å². The molecule has 94 valence electrons. The Morgan fingerprint density at radius 1 is 1.56 bits per heavy atom. The minimum absolute atomic E-state index is 0.0352. The molecule has 0 amide bonds. The molecule has 0 aliphatic heterocycles. The van der Waals surface area contributed by atoms with Gasteiger partial charge in [-0.05, 0) is 6.07 Å². The van der Waals surface area contributed by atoms with Gasteiger partial charge in [0, 0.05) is 32.4 Å². The molecule has 0 fully saturated rings. The predicted molar refractivity (Wildman–Crippen MR) is 62.2 cm³/mol. The van der Waals surface area contributed by atoms with Crippen LogP contribution in [0.25, 0.3) is 0 Å². The van der Waals surface area contributed by atoms with Crippen molar-refractivity contribution < 1.29 is 9.90 Å². The van der Waals surface area contributed by atoms with Gasteiger partial charge in [-0.1, -0.05) is 5.21 Å². The summed E-state index contributed by atoms with van der Waals surface area (Å²) in [6.45, 7) is 0.557. The third-order valence-corrected chi connectivity index (χ3v) is 2.19. The summed E-state index contributed by atoms with van der Waals surface area (Å²) in [7, 11) is 1.80. The summed E-state index contributed by atoms with van der Waals surface area (Å²) in [5, 5.41) is 19.5. The third kappa shape index (κ3) is 3.00. The number of nitrogens with zero attached hydrogens (tertiary/aromatic N) is 5. The summed E-state index contributed by atoms with van der Waals surface area (Å²) in [4.78, 5) is 18.5. The Labute approximate surface area is 103 Å². The second-order valence-corrected chi connectivity index (χ2v) is 3.63. The number of hydrogen-bond donors (Lipinski definition) is 2. The molecule has 0 aromatic carbocycles. The third-order valence-electron chi connectivity index (χ3n) is 2.19. The maximum Gasteiger partial charge on any atom is 0.354 e. The zero-order chi connectivity index (χ0) is 13.0. The summed E-state index contributed by atoms with van der Waals surface area (Å²) < 4.78 is 1.62. The SMILES string of the molecule is Cn1cc(CCNc2nccc(C(=O)O)n2)nn1. The number of aromatic nitrogens is 5. The van der Waals surface area contributed by atoms with Crippen molar-refractivity contribution in [1.82, 2.24) is 25.0 Å². The van der Waals surface area contributed by atoms with Crippen molar-refractivity contribution in [2.24, 2.45) is 7.05 Å². The molecule has 8 nitrogen and oxygen atoms in total. The number of anilines is 1. The highest BCUT2D eigenvalue weighted by Crippen LogP contribution is 2.01. The molecule has 2 aromatic heterocycles. The van der Waals surface area contributed by atoms with E-state index in [-0.39, 0.29) is 5.69 Å². The zero-order valence-electron chi connectivity index (χ0n) is 9.74. The lowest BCUT2D eigenvalue weighted by Gasteiger charge is -2.03. The van der Waals surface area contributed by atoms with Gasteiger partial charge < -0.3 is 10.4 Å². The molecule has 2 heterocycles. The number of aromatic carboxylic acids is 1. The molecule has 0 saturated carbocycles. The highest BCUT2D eigenvalue weighted by Gasteiger charge is 2.06. The van der Waals surface area contributed by atoms with E-state index >= 15 is 0 Å². The summed E-state index contributed by atoms with van der Waals surface area (Å²) in [5.41, 5.74) is 0.811. The van der Waals surface area contributed by atoms with Gasteiger partial charge in [-0.15, -0.1) is 5.10 Å². The van der Waals surface area contributed by atoms with Crippen LogP contribution in [-0.2, 0) is 13.5 Å². The first-order valence-corrected chi connectivity index (χ1v) is 5.30. The van der Waals surface area contributed by atoms with Gasteiger partial charge in [0.1, 0.15) is 0 Å². The van der Waals surface area contributed by atoms with Crippen molar-refractivity contribution >= 4 is 11.9 Å². The zero-order valence-corrected chi connectivity index (χ0v) is 9.74. The number of rotatable bonds is 5. The topological polar surface area (TPSA) is 106 Å². The van der Waals surface area contributed by atoms with E-state index in [0.29, 0.717) is 18.9 Å². The molecule has 0 atom stereocenters. The van der Waals surface area contributed by atoms with Gasteiger partial charge in [-0.3, -0.25) is 4.68 Å². The van der Waals surface area contributed by atoms with Crippen molar-refractivity contribution in [3.63, 3.8) is 0 Å². The summed E-state index contributed by atoms with van der Waals surface area (Å²) >= 11 is 0. The summed E-state index contributed by atoms with van der Waals surface area (Å²) in [6.07, 6.45) is 3.88. The average molecular weight is 248 g/mol. The van der Waals surface area contributed by atoms with Crippen molar-refractivity contribution in [2.75, 3.05) is 11.9 Å². The highest BCUT2D eigenvalue weighted by atomic mass is 16.4. The lowest BCUT2D eigenvalue weighted by molar-refractivity contribution is 0.0690. The van der Waals surface area contributed by atoms with Crippen LogP contribution in [-0.4, -0.2) is 42.6 Å². The molecule has 0 spiro atoms. The number of nitrogens with one attached hydrogen (secondary N) is 1. The van der Waals surface area contributed by atoms with Crippen LogP contribution in [0.1, 0.15) is 16.2 Å². The van der Waals surface area contributed by atoms with Crippen molar-refractivity contribution in [2.45, 2.75) is 6.42 Å². The Balaban J connectivity index is 1.90. The first-order valence-electron chi connectivity index (χ1n) is 5.30. The lowest BCUT2D eigenvalue weighted by atomic mass is 10.3. The minimum Gasteiger partial charge on any atom is -0.477 e. The van der Waals surface area contributed by atoms with Crippen LogP contribution in [0.15, 0.2) is 18.5 Å². The Morgan fingerprint density at radius 2 is 2.39 bits per heavy atom. The van der Waals surface area contributed by atoms with E-state index in [1.165, 1.54) is 12.3 Å². The fourth-order valence-corrected chi connectivity index (χ4v) is 1.38. The minimum atomic E-state index is -1.07. The second kappa shape index (κ2) is 5.21. The maximum absolute atomic E-state index is 10.7. The molecule has 18 heavy (non-hydrogen) atoms. The van der Waals surface area contributed by atoms with Crippen LogP contribution in [0, 0.1) is 0 Å². The Hall–Kier alpha value is -2.51. The molecule has 0 saturated heterocycles. The van der Waals surface area contributed by atoms with Gasteiger partial charge >= 0.3 is 5.97 Å². The number of hydrogen-bond acceptors (Lipinski definition) is 6. The van der Waals surface area contributed by atoms with Gasteiger partial charge in [-0.2, -0.15) is 0 Å². The molecule has 0 bridgehead atoms. The van der Waals surface area contributed by atoms with Crippen LogP contribution in [0.3, 0.4) is 0 Å². The van der Waals surface area contributed by atoms with Crippen LogP contribution in [0.5, 0.6) is 0 Å². The van der Waals surface area contributed by atoms with Gasteiger partial charge in [0.2, 0.25) is 5.95 Å². The molecule has 0 radical (unpaired) electrons. The molecule has 0 unspecified atom stereocenters. The molecule has 2 rings (SSSR count). The van der Waals surface area contributed by atoms with Crippen LogP contribution in [0.4, 0.5) is 5.95 Å². The fraction of sp³-hybridized carbons (Fsp3) is 0.300. The lowest BCUT2D eigenvalue weighted by Crippen LogP contribution is -2.10. The molecule has 8 heteroatoms. The quantitative estimate of drug-likeness (QED) is 0.764. The van der Waals surface area contributed by atoms with Gasteiger partial charge in [0.15, 0.2) is 5.69 Å². The standard InChI is InChI=1S/C10H12N6O2/c1-16-6-7(14-15-16)2-4-11-10-12-5-3-8(13-10)9(17)18/h3,5-6H,2,4H2,1H3,(H,17,18)(H,11,12,13). The second-order valence-electron chi connectivity index (χ2n) is 3.63. The first-order chi connectivity index (χ1) is 8.65. The van der Waals surface area contributed by atoms with E-state index in [0.717, 1.165) is 5.69 Å². The molecular formula is C10H12N6O2. The van der Waals surface area contributed by atoms with Gasteiger partial charge in [0.05, 0.1) is 5.69 Å². The van der Waals surface area contributed by atoms with E-state index < -0.39 is 5.97 Å². The Morgan fingerprint density at radius 3 is 3.06 bits per heavy atom. The summed E-state index contributed by atoms with van der Waals surface area (Å²) in [5.74, 6) is -0.784. The molecule has 2 N–H and O–H groups in total. The maximum atomic E-state index is 10.7. The molecular weight excluding hydrogens is 236 g/mol. The van der Waals surface area contributed by atoms with E-state index in [2.05, 4.69) is 25.6 Å². The number of carboxylic acids is 1. The molecule has 0 aliphatic rings. The Bertz CT molecular complexity index is 553. The smallest absolute Gasteiger partial charge is 0.354 e. The predicted octanol–water partition coefficient (Wildman–Crippen LogP) is -0.0421. The van der Waals surface area contributed by atoms with Crippen LogP contribution >= 0.6 is 0 Å². The number of aryl methyl sites for hydroxylation is 1. The van der Waals surface area contributed by atoms with Crippen LogP contribution in [0.2, 0.25) is 0 Å². The average Bonchev–Trinajstić information content (AvgIpc) is 2.75. The normalized spacial score (nSPS) is 10.3. The van der Waals surface area contributed by atoms with Crippen molar-refractivity contribution in [1.29, 1.82) is 0 Å². The molecule has 2 aromatic rings. The first kappa shape index (κ1) is 12.0. The fourth-order valence-electron chi connectivity index (χ4n) is 1.38. The Kier molecular flexibility index (Phi) is 3.46. The molecule has 0 aliphatic carbocycles. The highest BCUT2D eigenvalue weighted by molar-refractivity contribution is 5.85. The van der Waals surface area contributed by atoms with E-state index in [1.807, 2.05) is 6.20 Å². The van der Waals surface area contributed by atoms with Gasteiger partial charge in [-0.25, -0.2) is 14.8 Å². The summed E-state index contributed by atoms with van der Waals surface area (Å²) in [6, 6.07) is 1.34. The van der Waals surface area contributed by atoms with E-state index in [4.69, 9.17) is 5.11 Å². The van der Waals surface area contributed by atoms with Crippen molar-refractivity contribution in [3.8, 4) is 0 Å².